The summed E-state index contributed by atoms with van der Waals surface area (Å²) in [6.45, 7) is 0. The Balaban J connectivity index is 0.000000369. The molecule has 0 saturated carbocycles. The largest absolute Gasteiger partial charge is 0.399 e. The molecule has 2 nitrogen and oxygen atoms in total. The summed E-state index contributed by atoms with van der Waals surface area (Å²) < 4.78 is 0. The van der Waals surface area contributed by atoms with E-state index in [1.807, 2.05) is 76.7 Å². The van der Waals surface area contributed by atoms with Crippen LogP contribution in [0.15, 0.2) is 72.8 Å². The Labute approximate surface area is 180 Å². The summed E-state index contributed by atoms with van der Waals surface area (Å²) >= 11 is 0. The second-order valence-corrected chi connectivity index (χ2v) is 6.28. The van der Waals surface area contributed by atoms with Crippen molar-refractivity contribution in [3.05, 3.63) is 91.4 Å². The van der Waals surface area contributed by atoms with Crippen LogP contribution >= 0.6 is 0 Å². The zero-order chi connectivity index (χ0) is 19.0. The molecule has 0 radical (unpaired) electrons. The fourth-order valence-corrected chi connectivity index (χ4v) is 2.12. The maximum Gasteiger partial charge on any atom is 0.00397 e. The molecule has 0 aromatic heterocycles. The first-order chi connectivity index (χ1) is 12.6. The van der Waals surface area contributed by atoms with Crippen LogP contribution in [-0.2, 0) is 21.1 Å². The van der Waals surface area contributed by atoms with Crippen molar-refractivity contribution in [1.82, 2.24) is 0 Å². The van der Waals surface area contributed by atoms with E-state index in [0.717, 1.165) is 0 Å². The molecule has 0 atom stereocenters. The summed E-state index contributed by atoms with van der Waals surface area (Å²) in [6, 6.07) is 21.7. The first-order valence-corrected chi connectivity index (χ1v) is 9.03. The predicted molar refractivity (Wildman–Crippen MR) is 116 cm³/mol. The van der Waals surface area contributed by atoms with Crippen molar-refractivity contribution in [3.63, 3.8) is 0 Å². The molecule has 0 bridgehead atoms. The minimum Gasteiger partial charge on any atom is -0.399 e. The Hall–Kier alpha value is -1.92. The van der Waals surface area contributed by atoms with Gasteiger partial charge in [0.1, 0.15) is 0 Å². The van der Waals surface area contributed by atoms with Gasteiger partial charge in [0.05, 0.1) is 0 Å². The van der Waals surface area contributed by atoms with Gasteiger partial charge in [0.15, 0.2) is 0 Å². The quantitative estimate of drug-likeness (QED) is 0.457. The maximum absolute atomic E-state index is 2.96. The summed E-state index contributed by atoms with van der Waals surface area (Å²) in [5.74, 6) is 0. The van der Waals surface area contributed by atoms with Gasteiger partial charge >= 0.3 is 0 Å². The Morgan fingerprint density at radius 2 is 1.26 bits per heavy atom. The number of anilines is 2. The van der Waals surface area contributed by atoms with Gasteiger partial charge < -0.3 is 9.80 Å². The van der Waals surface area contributed by atoms with E-state index in [4.69, 9.17) is 0 Å². The Kier molecular flexibility index (Phi) is 15.1. The fourth-order valence-electron chi connectivity index (χ4n) is 2.12. The SMILES string of the molecule is C1=C[CH-]CCCC=C1.CN(C)c1cc[c-]cc1.CN(C)c1cc[c-]cc1.[Pt]. The number of hydrogen-bond acceptors (Lipinski definition) is 2. The summed E-state index contributed by atoms with van der Waals surface area (Å²) in [7, 11) is 8.09. The molecule has 2 aromatic carbocycles. The molecule has 0 aliphatic heterocycles. The van der Waals surface area contributed by atoms with Crippen molar-refractivity contribution in [1.29, 1.82) is 0 Å². The average molecular weight is 543 g/mol. The average Bonchev–Trinajstić information content (AvgIpc) is 2.64. The van der Waals surface area contributed by atoms with Gasteiger partial charge in [-0.05, 0) is 6.42 Å². The molecule has 150 valence electrons. The van der Waals surface area contributed by atoms with Crippen molar-refractivity contribution in [3.8, 4) is 0 Å². The zero-order valence-corrected chi connectivity index (χ0v) is 19.1. The summed E-state index contributed by atoms with van der Waals surface area (Å²) in [4.78, 5) is 4.13. The Morgan fingerprint density at radius 1 is 0.778 bits per heavy atom. The van der Waals surface area contributed by atoms with Crippen LogP contribution in [0.3, 0.4) is 0 Å². The van der Waals surface area contributed by atoms with Crippen molar-refractivity contribution in [2.45, 2.75) is 19.3 Å². The molecule has 0 spiro atoms. The minimum absolute atomic E-state index is 0. The standard InChI is InChI=1S/2C8H10N.C8H11.Pt/c2*1-9(2)8-6-4-3-5-7-8;1-2-4-6-8-7-5-3-1;/h2*4-7H,1-2H3;1-5H,6-8H2;/q3*-1;. The molecule has 0 saturated heterocycles. The van der Waals surface area contributed by atoms with Crippen LogP contribution in [0, 0.1) is 18.6 Å². The van der Waals surface area contributed by atoms with Gasteiger partial charge in [-0.1, -0.05) is 17.8 Å². The molecule has 2 aromatic rings. The summed E-state index contributed by atoms with van der Waals surface area (Å²) in [6.07, 6.45) is 14.5. The van der Waals surface area contributed by atoms with Crippen molar-refractivity contribution < 1.29 is 21.1 Å². The van der Waals surface area contributed by atoms with Crippen LogP contribution < -0.4 is 9.80 Å². The van der Waals surface area contributed by atoms with Gasteiger partial charge in [-0.15, -0.1) is 42.8 Å². The van der Waals surface area contributed by atoms with E-state index >= 15 is 0 Å². The van der Waals surface area contributed by atoms with Crippen LogP contribution in [0.5, 0.6) is 0 Å². The first kappa shape index (κ1) is 25.1. The summed E-state index contributed by atoms with van der Waals surface area (Å²) in [5, 5.41) is 0. The number of nitrogens with zero attached hydrogens (tertiary/aromatic N) is 2. The van der Waals surface area contributed by atoms with Gasteiger partial charge in [-0.2, -0.15) is 36.4 Å². The van der Waals surface area contributed by atoms with Crippen LogP contribution in [0.2, 0.25) is 0 Å². The van der Waals surface area contributed by atoms with Crippen molar-refractivity contribution in [2.75, 3.05) is 38.0 Å². The molecular formula is C24H31N2Pt-3. The van der Waals surface area contributed by atoms with Crippen LogP contribution in [0.25, 0.3) is 0 Å². The molecule has 0 unspecified atom stereocenters. The van der Waals surface area contributed by atoms with Gasteiger partial charge in [0.25, 0.3) is 0 Å². The maximum atomic E-state index is 2.96. The molecule has 27 heavy (non-hydrogen) atoms. The second-order valence-electron chi connectivity index (χ2n) is 6.28. The van der Waals surface area contributed by atoms with Gasteiger partial charge in [0.2, 0.25) is 0 Å². The third kappa shape index (κ3) is 13.0. The van der Waals surface area contributed by atoms with E-state index in [9.17, 15) is 0 Å². The van der Waals surface area contributed by atoms with Crippen molar-refractivity contribution >= 4 is 11.4 Å². The molecule has 0 fully saturated rings. The number of hydrogen-bond donors (Lipinski definition) is 0. The third-order valence-corrected chi connectivity index (χ3v) is 3.67. The molecule has 0 heterocycles. The van der Waals surface area contributed by atoms with E-state index in [0.29, 0.717) is 0 Å². The molecule has 0 amide bonds. The van der Waals surface area contributed by atoms with Crippen molar-refractivity contribution in [2.24, 2.45) is 0 Å². The zero-order valence-electron chi connectivity index (χ0n) is 16.8. The molecule has 3 heteroatoms. The van der Waals surface area contributed by atoms with Gasteiger partial charge in [-0.3, -0.25) is 0 Å². The normalized spacial score (nSPS) is 11.7. The Morgan fingerprint density at radius 3 is 1.67 bits per heavy atom. The fraction of sp³-hybridized carbons (Fsp3) is 0.292. The van der Waals surface area contributed by atoms with E-state index in [1.54, 1.807) is 0 Å². The van der Waals surface area contributed by atoms with Crippen LogP contribution in [0.4, 0.5) is 11.4 Å². The summed E-state index contributed by atoms with van der Waals surface area (Å²) in [5.41, 5.74) is 2.43. The van der Waals surface area contributed by atoms with E-state index in [2.05, 4.69) is 52.7 Å². The van der Waals surface area contributed by atoms with Crippen LogP contribution in [0.1, 0.15) is 19.3 Å². The number of allylic oxidation sites excluding steroid dienone is 4. The third-order valence-electron chi connectivity index (χ3n) is 3.67. The monoisotopic (exact) mass is 542 g/mol. The first-order valence-electron chi connectivity index (χ1n) is 9.03. The Bertz CT molecular complexity index is 562. The predicted octanol–water partition coefficient (Wildman–Crippen LogP) is 5.59. The molecule has 3 rings (SSSR count). The molecule has 0 N–H and O–H groups in total. The number of rotatable bonds is 2. The topological polar surface area (TPSA) is 6.48 Å². The number of benzene rings is 2. The molecular weight excluding hydrogens is 511 g/mol. The minimum atomic E-state index is 0. The van der Waals surface area contributed by atoms with E-state index < -0.39 is 0 Å². The molecule has 1 aliphatic rings. The van der Waals surface area contributed by atoms with Crippen LogP contribution in [-0.4, -0.2) is 28.2 Å². The van der Waals surface area contributed by atoms with Gasteiger partial charge in [-0.25, -0.2) is 18.6 Å². The second kappa shape index (κ2) is 16.3. The smallest absolute Gasteiger partial charge is 0.00397 e. The van der Waals surface area contributed by atoms with E-state index in [1.165, 1.54) is 30.6 Å². The van der Waals surface area contributed by atoms with Gasteiger partial charge in [0, 0.05) is 49.3 Å². The molecule has 1 aliphatic carbocycles. The van der Waals surface area contributed by atoms with E-state index in [-0.39, 0.29) is 21.1 Å².